The Morgan fingerprint density at radius 3 is 2.56 bits per heavy atom. The maximum absolute atomic E-state index is 12.1. The number of hydrogen-bond donors (Lipinski definition) is 1. The Kier molecular flexibility index (Phi) is 7.51. The number of oxime groups is 1. The first-order valence-electron chi connectivity index (χ1n) is 11.0. The van der Waals surface area contributed by atoms with Gasteiger partial charge >= 0.3 is 5.91 Å². The predicted molar refractivity (Wildman–Crippen MR) is 129 cm³/mol. The van der Waals surface area contributed by atoms with Gasteiger partial charge in [0.05, 0.1) is 25.5 Å². The van der Waals surface area contributed by atoms with Crippen LogP contribution in [-0.4, -0.2) is 78.5 Å². The minimum atomic E-state index is -0.609. The number of likely N-dealkylation sites (N-methyl/N-ethyl adjacent to an activating group) is 1. The van der Waals surface area contributed by atoms with E-state index < -0.39 is 5.91 Å². The Bertz CT molecular complexity index is 1180. The molecule has 2 aromatic carbocycles. The third kappa shape index (κ3) is 5.59. The van der Waals surface area contributed by atoms with E-state index in [4.69, 9.17) is 9.57 Å². The molecular formula is C24H28N6O4. The van der Waals surface area contributed by atoms with Gasteiger partial charge in [-0.1, -0.05) is 23.4 Å². The molecule has 1 saturated heterocycles. The zero-order chi connectivity index (χ0) is 23.9. The zero-order valence-electron chi connectivity index (χ0n) is 19.3. The number of hydrogen-bond acceptors (Lipinski definition) is 8. The second kappa shape index (κ2) is 10.9. The van der Waals surface area contributed by atoms with E-state index in [0.29, 0.717) is 6.67 Å². The van der Waals surface area contributed by atoms with Crippen molar-refractivity contribution < 1.29 is 19.5 Å². The smallest absolute Gasteiger partial charge is 0.304 e. The first-order valence-corrected chi connectivity index (χ1v) is 11.0. The lowest BCUT2D eigenvalue weighted by Gasteiger charge is -2.32. The molecule has 10 nitrogen and oxygen atoms in total. The molecular weight excluding hydrogens is 436 g/mol. The average Bonchev–Trinajstić information content (AvgIpc) is 3.13. The lowest BCUT2D eigenvalue weighted by molar-refractivity contribution is -0.122. The highest BCUT2D eigenvalue weighted by molar-refractivity contribution is 5.95. The summed E-state index contributed by atoms with van der Waals surface area (Å²) in [5, 5.41) is 23.2. The maximum atomic E-state index is 12.1. The number of para-hydroxylation sites is 1. The van der Waals surface area contributed by atoms with Crippen LogP contribution in [-0.2, 0) is 16.3 Å². The number of ether oxygens (including phenoxy) is 1. The molecule has 0 saturated carbocycles. The molecule has 34 heavy (non-hydrogen) atoms. The van der Waals surface area contributed by atoms with Crippen molar-refractivity contribution in [2.45, 2.75) is 6.67 Å². The van der Waals surface area contributed by atoms with Crippen molar-refractivity contribution in [2.75, 3.05) is 46.9 Å². The van der Waals surface area contributed by atoms with Gasteiger partial charge in [-0.05, 0) is 42.9 Å². The summed E-state index contributed by atoms with van der Waals surface area (Å²) in [5.74, 6) is 0.110. The second-order valence-corrected chi connectivity index (χ2v) is 8.05. The predicted octanol–water partition coefficient (Wildman–Crippen LogP) is 3.22. The standard InChI is InChI=1S/C24H28N6O4/c1-28-11-13-29(14-12-28)17-30-21-6-4-3-5-20(21)23(24(30)32)27-26-22(31)16-34-25-15-18-7-9-19(33-2)10-8-18/h3-10,15,32H,11-14,16-17H2,1-2H3/b25-15+,27-26?. The zero-order valence-corrected chi connectivity index (χ0v) is 19.3. The Balaban J connectivity index is 1.40. The fraction of sp³-hybridized carbons (Fsp3) is 0.333. The Labute approximate surface area is 197 Å². The molecule has 2 heterocycles. The van der Waals surface area contributed by atoms with Crippen LogP contribution in [0, 0.1) is 0 Å². The van der Waals surface area contributed by atoms with Gasteiger partial charge in [0.2, 0.25) is 5.88 Å². The van der Waals surface area contributed by atoms with E-state index >= 15 is 0 Å². The number of azo groups is 1. The van der Waals surface area contributed by atoms with Crippen molar-refractivity contribution >= 4 is 28.7 Å². The fourth-order valence-corrected chi connectivity index (χ4v) is 3.72. The molecule has 1 N–H and O–H groups in total. The van der Waals surface area contributed by atoms with Gasteiger partial charge < -0.3 is 19.6 Å². The van der Waals surface area contributed by atoms with Crippen molar-refractivity contribution in [3.05, 3.63) is 54.1 Å². The monoisotopic (exact) mass is 464 g/mol. The lowest BCUT2D eigenvalue weighted by Crippen LogP contribution is -2.44. The van der Waals surface area contributed by atoms with Gasteiger partial charge in [-0.25, -0.2) is 0 Å². The lowest BCUT2D eigenvalue weighted by atomic mass is 10.2. The van der Waals surface area contributed by atoms with Crippen LogP contribution >= 0.6 is 0 Å². The molecule has 1 fully saturated rings. The van der Waals surface area contributed by atoms with Crippen molar-refractivity contribution in [1.29, 1.82) is 0 Å². The van der Waals surface area contributed by atoms with Gasteiger partial charge in [-0.15, -0.1) is 10.2 Å². The van der Waals surface area contributed by atoms with Crippen LogP contribution in [0.1, 0.15) is 5.56 Å². The molecule has 0 bridgehead atoms. The topological polar surface area (TPSA) is 104 Å². The number of amides is 1. The molecule has 4 rings (SSSR count). The average molecular weight is 465 g/mol. The number of methoxy groups -OCH3 is 1. The first kappa shape index (κ1) is 23.4. The van der Waals surface area contributed by atoms with E-state index in [1.165, 1.54) is 6.21 Å². The van der Waals surface area contributed by atoms with Crippen LogP contribution in [0.15, 0.2) is 63.9 Å². The molecule has 1 aliphatic rings. The summed E-state index contributed by atoms with van der Waals surface area (Å²) in [4.78, 5) is 21.7. The molecule has 1 aromatic heterocycles. The van der Waals surface area contributed by atoms with Gasteiger partial charge in [0.1, 0.15) is 5.75 Å². The number of aromatic hydroxyl groups is 1. The maximum Gasteiger partial charge on any atom is 0.304 e. The molecule has 0 aliphatic carbocycles. The number of rotatable bonds is 8. The highest BCUT2D eigenvalue weighted by atomic mass is 16.6. The van der Waals surface area contributed by atoms with E-state index in [2.05, 4.69) is 32.2 Å². The normalized spacial score (nSPS) is 15.5. The summed E-state index contributed by atoms with van der Waals surface area (Å²) < 4.78 is 6.90. The first-order chi connectivity index (χ1) is 16.5. The highest BCUT2D eigenvalue weighted by Gasteiger charge is 2.20. The molecule has 10 heteroatoms. The van der Waals surface area contributed by atoms with Crippen LogP contribution in [0.5, 0.6) is 11.6 Å². The minimum Gasteiger partial charge on any atom is -0.497 e. The number of carbonyl (C=O) groups is 1. The van der Waals surface area contributed by atoms with E-state index in [1.54, 1.807) is 23.8 Å². The van der Waals surface area contributed by atoms with Crippen molar-refractivity contribution in [2.24, 2.45) is 15.4 Å². The molecule has 0 spiro atoms. The quantitative estimate of drug-likeness (QED) is 0.312. The Morgan fingerprint density at radius 2 is 1.82 bits per heavy atom. The minimum absolute atomic E-state index is 0.0184. The van der Waals surface area contributed by atoms with Crippen molar-refractivity contribution in [3.8, 4) is 11.6 Å². The van der Waals surface area contributed by atoms with E-state index in [1.807, 2.05) is 36.4 Å². The summed E-state index contributed by atoms with van der Waals surface area (Å²) in [5.41, 5.74) is 1.90. The third-order valence-corrected chi connectivity index (χ3v) is 5.70. The van der Waals surface area contributed by atoms with Crippen LogP contribution < -0.4 is 4.74 Å². The van der Waals surface area contributed by atoms with Gasteiger partial charge in [0.15, 0.2) is 12.3 Å². The molecule has 1 aliphatic heterocycles. The van der Waals surface area contributed by atoms with Gasteiger partial charge in [-0.2, -0.15) is 0 Å². The number of aromatic nitrogens is 1. The largest absolute Gasteiger partial charge is 0.497 e. The van der Waals surface area contributed by atoms with Crippen molar-refractivity contribution in [1.82, 2.24) is 14.4 Å². The number of nitrogens with zero attached hydrogens (tertiary/aromatic N) is 6. The molecule has 3 aromatic rings. The summed E-state index contributed by atoms with van der Waals surface area (Å²) in [6.45, 7) is 3.94. The molecule has 178 valence electrons. The van der Waals surface area contributed by atoms with Crippen molar-refractivity contribution in [3.63, 3.8) is 0 Å². The number of carbonyl (C=O) groups excluding carboxylic acids is 1. The van der Waals surface area contributed by atoms with E-state index in [9.17, 15) is 9.90 Å². The summed E-state index contributed by atoms with van der Waals surface area (Å²) in [7, 11) is 3.70. The molecule has 0 unspecified atom stereocenters. The van der Waals surface area contributed by atoms with E-state index in [-0.39, 0.29) is 18.2 Å². The number of piperazine rings is 1. The fourth-order valence-electron chi connectivity index (χ4n) is 3.72. The second-order valence-electron chi connectivity index (χ2n) is 8.05. The van der Waals surface area contributed by atoms with Crippen LogP contribution in [0.25, 0.3) is 10.9 Å². The molecule has 1 amide bonds. The molecule has 0 atom stereocenters. The van der Waals surface area contributed by atoms with Gasteiger partial charge in [0.25, 0.3) is 0 Å². The summed E-state index contributed by atoms with van der Waals surface area (Å²) >= 11 is 0. The van der Waals surface area contributed by atoms with Crippen LogP contribution in [0.2, 0.25) is 0 Å². The molecule has 0 radical (unpaired) electrons. The third-order valence-electron chi connectivity index (χ3n) is 5.70. The highest BCUT2D eigenvalue weighted by Crippen LogP contribution is 2.39. The number of benzene rings is 2. The summed E-state index contributed by atoms with van der Waals surface area (Å²) in [6.07, 6.45) is 1.49. The Morgan fingerprint density at radius 1 is 1.09 bits per heavy atom. The van der Waals surface area contributed by atoms with Crippen LogP contribution in [0.3, 0.4) is 0 Å². The van der Waals surface area contributed by atoms with E-state index in [0.717, 1.165) is 48.4 Å². The Hall–Kier alpha value is -3.76. The van der Waals surface area contributed by atoms with Crippen LogP contribution in [0.4, 0.5) is 5.69 Å². The van der Waals surface area contributed by atoms with Gasteiger partial charge in [0, 0.05) is 31.6 Å². The SMILES string of the molecule is COc1ccc(/C=N/OCC(=O)N=Nc2c(O)n(CN3CCN(C)CC3)c3ccccc23)cc1. The number of fused-ring (bicyclic) bond motifs is 1. The van der Waals surface area contributed by atoms with Gasteiger partial charge in [-0.3, -0.25) is 14.3 Å². The summed E-state index contributed by atoms with van der Waals surface area (Å²) in [6, 6.07) is 14.8.